The van der Waals surface area contributed by atoms with E-state index < -0.39 is 9.84 Å². The maximum Gasteiger partial charge on any atom is 0.154 e. The van der Waals surface area contributed by atoms with E-state index >= 15 is 0 Å². The maximum absolute atomic E-state index is 11.6. The molecule has 112 valence electrons. The molecule has 0 aliphatic carbocycles. The van der Waals surface area contributed by atoms with Gasteiger partial charge in [-0.05, 0) is 32.5 Å². The van der Waals surface area contributed by atoms with Gasteiger partial charge < -0.3 is 10.2 Å². The number of pyridine rings is 1. The first-order valence-corrected chi connectivity index (χ1v) is 8.91. The summed E-state index contributed by atoms with van der Waals surface area (Å²) in [5, 5.41) is 3.32. The van der Waals surface area contributed by atoms with E-state index in [-0.39, 0.29) is 23.6 Å². The standard InChI is InChI=1S/C14H23N3O2S/c1-4-15-12(3)14-6-5-13(9-16-14)17-7-8-20(18,19)10-11(17)2/h5-6,9,11-12,15H,4,7-8,10H2,1-3H3. The second kappa shape index (κ2) is 6.10. The minimum Gasteiger partial charge on any atom is -0.366 e. The Kier molecular flexibility index (Phi) is 4.65. The van der Waals surface area contributed by atoms with E-state index in [9.17, 15) is 8.42 Å². The zero-order chi connectivity index (χ0) is 14.8. The molecule has 5 nitrogen and oxygen atoms in total. The minimum absolute atomic E-state index is 0.00703. The highest BCUT2D eigenvalue weighted by atomic mass is 32.2. The van der Waals surface area contributed by atoms with Crippen LogP contribution in [0.3, 0.4) is 0 Å². The molecule has 1 aromatic rings. The van der Waals surface area contributed by atoms with Crippen LogP contribution in [-0.4, -0.2) is 44.0 Å². The molecule has 0 spiro atoms. The lowest BCUT2D eigenvalue weighted by molar-refractivity contribution is 0.567. The summed E-state index contributed by atoms with van der Waals surface area (Å²) in [5.41, 5.74) is 2.01. The van der Waals surface area contributed by atoms with Gasteiger partial charge in [0.2, 0.25) is 0 Å². The first-order chi connectivity index (χ1) is 9.43. The second-order valence-corrected chi connectivity index (χ2v) is 7.61. The van der Waals surface area contributed by atoms with Gasteiger partial charge in [-0.2, -0.15) is 0 Å². The lowest BCUT2D eigenvalue weighted by Crippen LogP contribution is -2.47. The highest BCUT2D eigenvalue weighted by Crippen LogP contribution is 2.22. The molecule has 1 fully saturated rings. The molecule has 1 aromatic heterocycles. The van der Waals surface area contributed by atoms with Gasteiger partial charge in [0.1, 0.15) is 0 Å². The highest BCUT2D eigenvalue weighted by Gasteiger charge is 2.28. The second-order valence-electron chi connectivity index (χ2n) is 5.38. The molecule has 1 aliphatic heterocycles. The van der Waals surface area contributed by atoms with Crippen molar-refractivity contribution in [3.63, 3.8) is 0 Å². The third-order valence-electron chi connectivity index (χ3n) is 3.73. The molecule has 1 N–H and O–H groups in total. The molecule has 0 bridgehead atoms. The molecule has 0 saturated carbocycles. The van der Waals surface area contributed by atoms with E-state index in [4.69, 9.17) is 0 Å². The van der Waals surface area contributed by atoms with Crippen molar-refractivity contribution >= 4 is 15.5 Å². The van der Waals surface area contributed by atoms with Crippen molar-refractivity contribution in [2.24, 2.45) is 0 Å². The van der Waals surface area contributed by atoms with Crippen molar-refractivity contribution in [3.05, 3.63) is 24.0 Å². The first kappa shape index (κ1) is 15.3. The van der Waals surface area contributed by atoms with Crippen LogP contribution in [0.4, 0.5) is 5.69 Å². The average Bonchev–Trinajstić information content (AvgIpc) is 2.38. The number of hydrogen-bond acceptors (Lipinski definition) is 5. The van der Waals surface area contributed by atoms with Gasteiger partial charge in [-0.3, -0.25) is 4.98 Å². The van der Waals surface area contributed by atoms with Gasteiger partial charge in [0, 0.05) is 18.6 Å². The Morgan fingerprint density at radius 2 is 2.25 bits per heavy atom. The van der Waals surface area contributed by atoms with Gasteiger partial charge in [-0.1, -0.05) is 6.92 Å². The predicted molar refractivity (Wildman–Crippen MR) is 81.8 cm³/mol. The largest absolute Gasteiger partial charge is 0.366 e. The van der Waals surface area contributed by atoms with E-state index in [0.29, 0.717) is 6.54 Å². The lowest BCUT2D eigenvalue weighted by atomic mass is 10.2. The molecule has 2 atom stereocenters. The summed E-state index contributed by atoms with van der Waals surface area (Å²) in [4.78, 5) is 6.61. The van der Waals surface area contributed by atoms with Crippen molar-refractivity contribution in [3.8, 4) is 0 Å². The van der Waals surface area contributed by atoms with Crippen LogP contribution in [0.1, 0.15) is 32.5 Å². The van der Waals surface area contributed by atoms with Crippen LogP contribution in [0.15, 0.2) is 18.3 Å². The Morgan fingerprint density at radius 1 is 1.50 bits per heavy atom. The third kappa shape index (κ3) is 3.49. The van der Waals surface area contributed by atoms with Crippen LogP contribution in [-0.2, 0) is 9.84 Å². The van der Waals surface area contributed by atoms with E-state index in [2.05, 4.69) is 29.0 Å². The van der Waals surface area contributed by atoms with E-state index in [1.807, 2.05) is 25.3 Å². The number of nitrogens with one attached hydrogen (secondary N) is 1. The number of sulfone groups is 1. The normalized spacial score (nSPS) is 23.6. The Morgan fingerprint density at radius 3 is 2.80 bits per heavy atom. The summed E-state index contributed by atoms with van der Waals surface area (Å²) in [5.74, 6) is 0.454. The average molecular weight is 297 g/mol. The number of aromatic nitrogens is 1. The smallest absolute Gasteiger partial charge is 0.154 e. The molecule has 2 heterocycles. The minimum atomic E-state index is -2.87. The van der Waals surface area contributed by atoms with Crippen LogP contribution in [0, 0.1) is 0 Å². The summed E-state index contributed by atoms with van der Waals surface area (Å²) >= 11 is 0. The fraction of sp³-hybridized carbons (Fsp3) is 0.643. The van der Waals surface area contributed by atoms with Gasteiger partial charge >= 0.3 is 0 Å². The van der Waals surface area contributed by atoms with Gasteiger partial charge in [-0.25, -0.2) is 8.42 Å². The Labute approximate surface area is 121 Å². The summed E-state index contributed by atoms with van der Waals surface area (Å²) in [6, 6.07) is 4.28. The number of nitrogens with zero attached hydrogens (tertiary/aromatic N) is 2. The Balaban J connectivity index is 2.10. The van der Waals surface area contributed by atoms with Crippen LogP contribution in [0.5, 0.6) is 0 Å². The molecule has 1 saturated heterocycles. The van der Waals surface area contributed by atoms with E-state index in [1.165, 1.54) is 0 Å². The quantitative estimate of drug-likeness (QED) is 0.909. The van der Waals surface area contributed by atoms with E-state index in [0.717, 1.165) is 17.9 Å². The molecule has 2 unspecified atom stereocenters. The molecule has 1 aliphatic rings. The molecule has 20 heavy (non-hydrogen) atoms. The molecule has 0 radical (unpaired) electrons. The van der Waals surface area contributed by atoms with Crippen LogP contribution in [0.2, 0.25) is 0 Å². The molecule has 2 rings (SSSR count). The fourth-order valence-electron chi connectivity index (χ4n) is 2.62. The van der Waals surface area contributed by atoms with Crippen molar-refractivity contribution < 1.29 is 8.42 Å². The summed E-state index contributed by atoms with van der Waals surface area (Å²) in [6.07, 6.45) is 1.84. The van der Waals surface area contributed by atoms with E-state index in [1.54, 1.807) is 0 Å². The van der Waals surface area contributed by atoms with Crippen molar-refractivity contribution in [1.82, 2.24) is 10.3 Å². The summed E-state index contributed by atoms with van der Waals surface area (Å²) < 4.78 is 23.2. The van der Waals surface area contributed by atoms with Crippen LogP contribution >= 0.6 is 0 Å². The fourth-order valence-corrected chi connectivity index (χ4v) is 4.17. The topological polar surface area (TPSA) is 62.3 Å². The van der Waals surface area contributed by atoms with Crippen LogP contribution < -0.4 is 10.2 Å². The Hall–Kier alpha value is -1.14. The predicted octanol–water partition coefficient (Wildman–Crippen LogP) is 1.38. The molecular formula is C14H23N3O2S. The number of rotatable bonds is 4. The SMILES string of the molecule is CCNC(C)c1ccc(N2CCS(=O)(=O)CC2C)cn1. The molecule has 0 amide bonds. The lowest BCUT2D eigenvalue weighted by Gasteiger charge is -2.35. The number of anilines is 1. The van der Waals surface area contributed by atoms with Gasteiger partial charge in [0.15, 0.2) is 9.84 Å². The summed E-state index contributed by atoms with van der Waals surface area (Å²) in [6.45, 7) is 7.56. The number of hydrogen-bond donors (Lipinski definition) is 1. The van der Waals surface area contributed by atoms with Gasteiger partial charge in [-0.15, -0.1) is 0 Å². The molecule has 0 aromatic carbocycles. The molecular weight excluding hydrogens is 274 g/mol. The van der Waals surface area contributed by atoms with Crippen LogP contribution in [0.25, 0.3) is 0 Å². The van der Waals surface area contributed by atoms with Crippen molar-refractivity contribution in [2.45, 2.75) is 32.9 Å². The summed E-state index contributed by atoms with van der Waals surface area (Å²) in [7, 11) is -2.87. The van der Waals surface area contributed by atoms with Gasteiger partial charge in [0.25, 0.3) is 0 Å². The monoisotopic (exact) mass is 297 g/mol. The zero-order valence-electron chi connectivity index (χ0n) is 12.3. The van der Waals surface area contributed by atoms with Gasteiger partial charge in [0.05, 0.1) is 29.1 Å². The first-order valence-electron chi connectivity index (χ1n) is 7.09. The zero-order valence-corrected chi connectivity index (χ0v) is 13.2. The maximum atomic E-state index is 11.6. The Bertz CT molecular complexity index is 542. The molecule has 6 heteroatoms. The van der Waals surface area contributed by atoms with Crippen molar-refractivity contribution in [2.75, 3.05) is 29.5 Å². The van der Waals surface area contributed by atoms with Crippen molar-refractivity contribution in [1.29, 1.82) is 0 Å². The highest BCUT2D eigenvalue weighted by molar-refractivity contribution is 7.91. The third-order valence-corrected chi connectivity index (χ3v) is 5.52.